The molecular formula is C12H17ClN2O. The topological polar surface area (TPSA) is 29.3 Å². The van der Waals surface area contributed by atoms with Crippen LogP contribution in [0.5, 0.6) is 0 Å². The number of allylic oxidation sites excluding steroid dienone is 1. The van der Waals surface area contributed by atoms with E-state index in [2.05, 4.69) is 23.2 Å². The SMILES string of the molecule is Cc1cc(C2=C[C@H]3CN(C)C[C@H]3C2)on1.Cl. The van der Waals surface area contributed by atoms with Crippen LogP contribution in [0, 0.1) is 18.8 Å². The van der Waals surface area contributed by atoms with Crippen LogP contribution in [0.25, 0.3) is 5.57 Å². The Morgan fingerprint density at radius 3 is 2.88 bits per heavy atom. The summed E-state index contributed by atoms with van der Waals surface area (Å²) in [7, 11) is 2.20. The number of nitrogens with zero attached hydrogens (tertiary/aromatic N) is 2. The molecule has 0 aromatic carbocycles. The molecule has 4 heteroatoms. The van der Waals surface area contributed by atoms with Crippen LogP contribution in [-0.2, 0) is 0 Å². The summed E-state index contributed by atoms with van der Waals surface area (Å²) in [4.78, 5) is 2.41. The summed E-state index contributed by atoms with van der Waals surface area (Å²) < 4.78 is 5.31. The van der Waals surface area contributed by atoms with E-state index in [-0.39, 0.29) is 12.4 Å². The molecule has 0 unspecified atom stereocenters. The zero-order valence-corrected chi connectivity index (χ0v) is 10.5. The lowest BCUT2D eigenvalue weighted by atomic mass is 9.99. The summed E-state index contributed by atoms with van der Waals surface area (Å²) in [6.45, 7) is 4.39. The van der Waals surface area contributed by atoms with Gasteiger partial charge in [0, 0.05) is 19.2 Å². The fraction of sp³-hybridized carbons (Fsp3) is 0.583. The third-order valence-corrected chi connectivity index (χ3v) is 3.52. The van der Waals surface area contributed by atoms with Gasteiger partial charge in [-0.3, -0.25) is 0 Å². The van der Waals surface area contributed by atoms with Gasteiger partial charge in [-0.05, 0) is 37.8 Å². The zero-order chi connectivity index (χ0) is 10.4. The molecule has 2 atom stereocenters. The van der Waals surface area contributed by atoms with Crippen LogP contribution in [0.2, 0.25) is 0 Å². The van der Waals surface area contributed by atoms with Crippen molar-refractivity contribution in [1.82, 2.24) is 10.1 Å². The predicted octanol–water partition coefficient (Wildman–Crippen LogP) is 2.37. The van der Waals surface area contributed by atoms with Gasteiger partial charge >= 0.3 is 0 Å². The molecule has 1 aliphatic heterocycles. The van der Waals surface area contributed by atoms with Crippen LogP contribution in [-0.4, -0.2) is 30.2 Å². The third-order valence-electron chi connectivity index (χ3n) is 3.52. The van der Waals surface area contributed by atoms with Gasteiger partial charge in [0.1, 0.15) is 0 Å². The number of halogens is 1. The number of aromatic nitrogens is 1. The lowest BCUT2D eigenvalue weighted by molar-refractivity contribution is 0.389. The first-order valence-electron chi connectivity index (χ1n) is 5.55. The Morgan fingerprint density at radius 1 is 1.44 bits per heavy atom. The van der Waals surface area contributed by atoms with Crippen molar-refractivity contribution in [2.75, 3.05) is 20.1 Å². The van der Waals surface area contributed by atoms with E-state index in [1.54, 1.807) is 0 Å². The van der Waals surface area contributed by atoms with Gasteiger partial charge in [-0.15, -0.1) is 12.4 Å². The normalized spacial score (nSPS) is 28.8. The Labute approximate surface area is 102 Å². The number of hydrogen-bond acceptors (Lipinski definition) is 3. The third kappa shape index (κ3) is 1.89. The zero-order valence-electron chi connectivity index (χ0n) is 9.64. The lowest BCUT2D eigenvalue weighted by Gasteiger charge is -2.07. The molecule has 1 saturated heterocycles. The average Bonchev–Trinajstić information content (AvgIpc) is 2.78. The monoisotopic (exact) mass is 240 g/mol. The molecule has 0 saturated carbocycles. The van der Waals surface area contributed by atoms with Gasteiger partial charge in [0.25, 0.3) is 0 Å². The van der Waals surface area contributed by atoms with Gasteiger partial charge in [0.15, 0.2) is 5.76 Å². The smallest absolute Gasteiger partial charge is 0.162 e. The van der Waals surface area contributed by atoms with Crippen molar-refractivity contribution in [3.05, 3.63) is 23.6 Å². The molecule has 0 N–H and O–H groups in total. The van der Waals surface area contributed by atoms with Gasteiger partial charge in [0.05, 0.1) is 5.69 Å². The Kier molecular flexibility index (Phi) is 3.08. The molecule has 0 spiro atoms. The minimum atomic E-state index is 0. The van der Waals surface area contributed by atoms with Gasteiger partial charge in [-0.25, -0.2) is 0 Å². The molecule has 0 amide bonds. The minimum absolute atomic E-state index is 0. The summed E-state index contributed by atoms with van der Waals surface area (Å²) >= 11 is 0. The van der Waals surface area contributed by atoms with E-state index in [0.29, 0.717) is 0 Å². The van der Waals surface area contributed by atoms with Crippen LogP contribution in [0.3, 0.4) is 0 Å². The largest absolute Gasteiger partial charge is 0.356 e. The highest BCUT2D eigenvalue weighted by atomic mass is 35.5. The summed E-state index contributed by atoms with van der Waals surface area (Å²) in [5.41, 5.74) is 2.33. The molecule has 16 heavy (non-hydrogen) atoms. The summed E-state index contributed by atoms with van der Waals surface area (Å²) in [5, 5.41) is 3.94. The van der Waals surface area contributed by atoms with Gasteiger partial charge in [-0.1, -0.05) is 11.2 Å². The van der Waals surface area contributed by atoms with E-state index in [4.69, 9.17) is 4.52 Å². The minimum Gasteiger partial charge on any atom is -0.356 e. The molecule has 2 aliphatic rings. The Hall–Kier alpha value is -0.800. The van der Waals surface area contributed by atoms with Crippen molar-refractivity contribution >= 4 is 18.0 Å². The fourth-order valence-electron chi connectivity index (χ4n) is 2.83. The number of aryl methyl sites for hydroxylation is 1. The fourth-order valence-corrected chi connectivity index (χ4v) is 2.83. The predicted molar refractivity (Wildman–Crippen MR) is 65.6 cm³/mol. The van der Waals surface area contributed by atoms with E-state index in [1.807, 2.05) is 13.0 Å². The van der Waals surface area contributed by atoms with Crippen molar-refractivity contribution in [3.63, 3.8) is 0 Å². The number of likely N-dealkylation sites (tertiary alicyclic amines) is 1. The quantitative estimate of drug-likeness (QED) is 0.755. The number of rotatable bonds is 1. The Bertz CT molecular complexity index is 413. The maximum absolute atomic E-state index is 5.31. The lowest BCUT2D eigenvalue weighted by Crippen LogP contribution is -2.14. The summed E-state index contributed by atoms with van der Waals surface area (Å²) in [5.74, 6) is 2.51. The number of hydrogen-bond donors (Lipinski definition) is 0. The Balaban J connectivity index is 0.000000963. The molecule has 0 radical (unpaired) electrons. The first kappa shape index (κ1) is 11.7. The second kappa shape index (κ2) is 4.22. The molecular weight excluding hydrogens is 224 g/mol. The second-order valence-electron chi connectivity index (χ2n) is 4.87. The van der Waals surface area contributed by atoms with E-state index in [9.17, 15) is 0 Å². The van der Waals surface area contributed by atoms with E-state index in [0.717, 1.165) is 29.7 Å². The standard InChI is InChI=1S/C12H16N2O.ClH/c1-8-3-12(15-13-8)9-4-10-6-14(2)7-11(10)5-9;/h3-4,10-11H,5-7H2,1-2H3;1H/t10-,11+;/m0./s1. The molecule has 3 rings (SSSR count). The van der Waals surface area contributed by atoms with Crippen molar-refractivity contribution in [2.24, 2.45) is 11.8 Å². The maximum Gasteiger partial charge on any atom is 0.162 e. The molecule has 1 aliphatic carbocycles. The van der Waals surface area contributed by atoms with Gasteiger partial charge < -0.3 is 9.42 Å². The van der Waals surface area contributed by atoms with Crippen LogP contribution in [0.1, 0.15) is 17.9 Å². The van der Waals surface area contributed by atoms with E-state index in [1.165, 1.54) is 18.7 Å². The second-order valence-corrected chi connectivity index (χ2v) is 4.87. The van der Waals surface area contributed by atoms with Crippen LogP contribution < -0.4 is 0 Å². The van der Waals surface area contributed by atoms with Crippen molar-refractivity contribution in [2.45, 2.75) is 13.3 Å². The molecule has 1 fully saturated rings. The highest BCUT2D eigenvalue weighted by Crippen LogP contribution is 2.40. The maximum atomic E-state index is 5.31. The van der Waals surface area contributed by atoms with Crippen LogP contribution >= 0.6 is 12.4 Å². The van der Waals surface area contributed by atoms with E-state index >= 15 is 0 Å². The van der Waals surface area contributed by atoms with Crippen LogP contribution in [0.4, 0.5) is 0 Å². The van der Waals surface area contributed by atoms with E-state index < -0.39 is 0 Å². The van der Waals surface area contributed by atoms with Crippen LogP contribution in [0.15, 0.2) is 16.7 Å². The van der Waals surface area contributed by atoms with Gasteiger partial charge in [-0.2, -0.15) is 0 Å². The first-order valence-corrected chi connectivity index (χ1v) is 5.55. The van der Waals surface area contributed by atoms with Gasteiger partial charge in [0.2, 0.25) is 0 Å². The molecule has 2 heterocycles. The Morgan fingerprint density at radius 2 is 2.25 bits per heavy atom. The summed E-state index contributed by atoms with van der Waals surface area (Å²) in [6.07, 6.45) is 3.54. The van der Waals surface area contributed by atoms with Crippen molar-refractivity contribution < 1.29 is 4.52 Å². The molecule has 0 bridgehead atoms. The molecule has 1 aromatic rings. The summed E-state index contributed by atoms with van der Waals surface area (Å²) in [6, 6.07) is 2.04. The number of fused-ring (bicyclic) bond motifs is 1. The highest BCUT2D eigenvalue weighted by Gasteiger charge is 2.35. The van der Waals surface area contributed by atoms with Crippen molar-refractivity contribution in [3.8, 4) is 0 Å². The van der Waals surface area contributed by atoms with Crippen molar-refractivity contribution in [1.29, 1.82) is 0 Å². The molecule has 1 aromatic heterocycles. The molecule has 3 nitrogen and oxygen atoms in total. The highest BCUT2D eigenvalue weighted by molar-refractivity contribution is 5.85. The first-order chi connectivity index (χ1) is 7.22. The molecule has 88 valence electrons. The average molecular weight is 241 g/mol.